The van der Waals surface area contributed by atoms with Crippen molar-refractivity contribution >= 4 is 63.2 Å². The third kappa shape index (κ3) is 14.6. The van der Waals surface area contributed by atoms with E-state index in [0.29, 0.717) is 41.5 Å². The number of unbranched alkanes of at least 4 members (excludes halogenated alkanes) is 1. The van der Waals surface area contributed by atoms with Crippen molar-refractivity contribution in [2.45, 2.75) is 168 Å². The Kier molecular flexibility index (Phi) is 21.8. The number of nitrogens with one attached hydrogen (secondary N) is 5. The van der Waals surface area contributed by atoms with Crippen molar-refractivity contribution in [1.29, 1.82) is 0 Å². The van der Waals surface area contributed by atoms with Crippen molar-refractivity contribution in [3.63, 3.8) is 0 Å². The number of nitrogens with two attached hydrogens (primary N) is 1. The zero-order valence-corrected chi connectivity index (χ0v) is 41.7. The molecule has 10 atom stereocenters. The zero-order chi connectivity index (χ0) is 49.6. The number of ether oxygens (including phenoxy) is 2. The van der Waals surface area contributed by atoms with Crippen LogP contribution in [0.15, 0.2) is 22.7 Å². The number of amides is 7. The minimum absolute atomic E-state index is 0.00292. The van der Waals surface area contributed by atoms with Gasteiger partial charge in [-0.25, -0.2) is 4.79 Å². The quantitative estimate of drug-likeness (QED) is 0.0924. The van der Waals surface area contributed by atoms with Crippen LogP contribution < -0.4 is 37.1 Å². The molecular weight excluding hydrogens is 920 g/mol. The number of likely N-dealkylation sites (N-methyl/N-ethyl adjacent to an activating group) is 1. The second-order valence-electron chi connectivity index (χ2n) is 18.1. The Labute approximate surface area is 397 Å². The van der Waals surface area contributed by atoms with E-state index in [9.17, 15) is 43.5 Å². The fourth-order valence-electron chi connectivity index (χ4n) is 8.06. The summed E-state index contributed by atoms with van der Waals surface area (Å²) in [7, 11) is 2.92. The number of aliphatic hydroxyl groups excluding tert-OH is 1. The van der Waals surface area contributed by atoms with Crippen LogP contribution in [0.1, 0.15) is 112 Å². The molecule has 3 rings (SSSR count). The Morgan fingerprint density at radius 3 is 2.23 bits per heavy atom. The van der Waals surface area contributed by atoms with E-state index in [-0.39, 0.29) is 44.6 Å². The fraction of sp³-hybridized carbons (Fsp3) is 0.696. The molecule has 2 heterocycles. The maximum Gasteiger partial charge on any atom is 0.329 e. The van der Waals surface area contributed by atoms with E-state index in [1.165, 1.54) is 26.0 Å². The summed E-state index contributed by atoms with van der Waals surface area (Å²) in [5.41, 5.74) is 6.38. The number of halogens is 1. The molecule has 370 valence electrons. The largest absolute Gasteiger partial charge is 0.496 e. The summed E-state index contributed by atoms with van der Waals surface area (Å²) >= 11 is 3.49. The molecule has 2 bridgehead atoms. The molecule has 2 fully saturated rings. The predicted octanol–water partition coefficient (Wildman–Crippen LogP) is 1.79. The SMILES string of the molecule is CCCC(=O)N[C@H](C(=O)N[C@@H]1C(=O)N[C@@H](CCCCN)C(=O)N[C@H]2CC[C@@H](O)N(C2=O)[C@@H]([C@@H](C)CC)C(=O)N(C)[C@@H](Cc2ccc(OC)c(Br)c2)C(=O)N[C@@H](C(C)C)C(=O)O[C@@H]1C)C(C)C. The van der Waals surface area contributed by atoms with Gasteiger partial charge in [-0.2, -0.15) is 0 Å². The number of fused-ring (bicyclic) bond motifs is 2. The molecule has 20 heteroatoms. The second-order valence-corrected chi connectivity index (χ2v) is 18.9. The summed E-state index contributed by atoms with van der Waals surface area (Å²) in [5.74, 6) is -6.98. The first-order chi connectivity index (χ1) is 31.1. The van der Waals surface area contributed by atoms with Gasteiger partial charge in [-0.05, 0) is 103 Å². The number of rotatable bonds is 16. The van der Waals surface area contributed by atoms with Crippen molar-refractivity contribution in [1.82, 2.24) is 36.4 Å². The number of piperidine rings is 1. The van der Waals surface area contributed by atoms with Crippen molar-refractivity contribution < 1.29 is 52.9 Å². The summed E-state index contributed by atoms with van der Waals surface area (Å²) in [6, 6.07) is -4.04. The van der Waals surface area contributed by atoms with E-state index < -0.39 is 114 Å². The minimum atomic E-state index is -1.63. The van der Waals surface area contributed by atoms with Gasteiger partial charge in [-0.15, -0.1) is 0 Å². The van der Waals surface area contributed by atoms with Gasteiger partial charge in [0.15, 0.2) is 0 Å². The van der Waals surface area contributed by atoms with Crippen LogP contribution in [0.2, 0.25) is 0 Å². The molecule has 0 radical (unpaired) electrons. The number of nitrogens with zero attached hydrogens (tertiary/aromatic N) is 2. The molecule has 0 aliphatic carbocycles. The lowest BCUT2D eigenvalue weighted by Gasteiger charge is -2.44. The summed E-state index contributed by atoms with van der Waals surface area (Å²) in [5, 5.41) is 25.1. The number of carbonyl (C=O) groups is 8. The lowest BCUT2D eigenvalue weighted by molar-refractivity contribution is -0.168. The third-order valence-electron chi connectivity index (χ3n) is 12.3. The molecule has 0 aromatic heterocycles. The van der Waals surface area contributed by atoms with Crippen LogP contribution in [0.5, 0.6) is 5.75 Å². The van der Waals surface area contributed by atoms with Crippen molar-refractivity contribution in [2.24, 2.45) is 23.5 Å². The smallest absolute Gasteiger partial charge is 0.329 e. The van der Waals surface area contributed by atoms with E-state index in [4.69, 9.17) is 15.2 Å². The van der Waals surface area contributed by atoms with Gasteiger partial charge in [0.2, 0.25) is 41.4 Å². The number of methoxy groups -OCH3 is 1. The number of cyclic esters (lactones) is 1. The van der Waals surface area contributed by atoms with Crippen LogP contribution in [0, 0.1) is 17.8 Å². The maximum atomic E-state index is 14.9. The van der Waals surface area contributed by atoms with Gasteiger partial charge in [0.05, 0.1) is 11.6 Å². The van der Waals surface area contributed by atoms with Gasteiger partial charge in [0.1, 0.15) is 60.4 Å². The number of hydrogen-bond donors (Lipinski definition) is 7. The number of aliphatic hydroxyl groups is 1. The monoisotopic (exact) mass is 992 g/mol. The van der Waals surface area contributed by atoms with Crippen molar-refractivity contribution in [3.8, 4) is 5.75 Å². The Bertz CT molecular complexity index is 1880. The summed E-state index contributed by atoms with van der Waals surface area (Å²) < 4.78 is 11.9. The Morgan fingerprint density at radius 2 is 1.65 bits per heavy atom. The van der Waals surface area contributed by atoms with Crippen LogP contribution in [-0.4, -0.2) is 138 Å². The topological polar surface area (TPSA) is 268 Å². The van der Waals surface area contributed by atoms with Gasteiger partial charge < -0.3 is 56.7 Å². The molecule has 2 saturated heterocycles. The number of hydrogen-bond acceptors (Lipinski definition) is 12. The fourth-order valence-corrected chi connectivity index (χ4v) is 8.65. The van der Waals surface area contributed by atoms with Gasteiger partial charge >= 0.3 is 5.97 Å². The van der Waals surface area contributed by atoms with Crippen LogP contribution in [-0.2, 0) is 49.5 Å². The van der Waals surface area contributed by atoms with E-state index in [1.54, 1.807) is 52.8 Å². The average molecular weight is 994 g/mol. The molecule has 1 aromatic rings. The first kappa shape index (κ1) is 55.5. The first-order valence-electron chi connectivity index (χ1n) is 23.1. The lowest BCUT2D eigenvalue weighted by Crippen LogP contribution is -2.66. The van der Waals surface area contributed by atoms with E-state index in [1.807, 2.05) is 13.8 Å². The van der Waals surface area contributed by atoms with E-state index >= 15 is 0 Å². The van der Waals surface area contributed by atoms with Crippen LogP contribution >= 0.6 is 15.9 Å². The number of benzene rings is 1. The highest BCUT2D eigenvalue weighted by Crippen LogP contribution is 2.29. The first-order valence-corrected chi connectivity index (χ1v) is 23.9. The molecule has 8 N–H and O–H groups in total. The molecule has 19 nitrogen and oxygen atoms in total. The van der Waals surface area contributed by atoms with Gasteiger partial charge in [-0.3, -0.25) is 33.6 Å². The van der Waals surface area contributed by atoms with Crippen LogP contribution in [0.3, 0.4) is 0 Å². The van der Waals surface area contributed by atoms with E-state index in [0.717, 1.165) is 4.90 Å². The minimum Gasteiger partial charge on any atom is -0.496 e. The van der Waals surface area contributed by atoms with Gasteiger partial charge in [-0.1, -0.05) is 61.0 Å². The highest BCUT2D eigenvalue weighted by molar-refractivity contribution is 9.10. The number of esters is 1. The maximum absolute atomic E-state index is 14.9. The Hall–Kier alpha value is -4.82. The predicted molar refractivity (Wildman–Crippen MR) is 249 cm³/mol. The van der Waals surface area contributed by atoms with Crippen LogP contribution in [0.25, 0.3) is 0 Å². The third-order valence-corrected chi connectivity index (χ3v) is 12.9. The average Bonchev–Trinajstić information content (AvgIpc) is 3.26. The van der Waals surface area contributed by atoms with Crippen molar-refractivity contribution in [2.75, 3.05) is 20.7 Å². The number of carbonyl (C=O) groups excluding carboxylic acids is 8. The summed E-state index contributed by atoms with van der Waals surface area (Å²) in [6.45, 7) is 13.8. The normalized spacial score (nSPS) is 26.0. The molecule has 7 amide bonds. The molecule has 0 spiro atoms. The molecule has 0 unspecified atom stereocenters. The zero-order valence-electron chi connectivity index (χ0n) is 40.1. The standard InChI is InChI=1S/C46H73BrN8O11/c1-11-15-34(56)51-36(24(3)4)42(60)53-38-27(8)66-46(64)37(25(5)6)52-41(59)32(23-28-17-19-33(65-10)29(47)22-28)54(9)45(63)39(26(7)12-2)55-35(57)20-18-31(44(55)62)50-40(58)30(49-43(38)61)16-13-14-21-48/h17,19,22,24-27,30-32,35-39,57H,11-16,18,20-21,23,48H2,1-10H3,(H,49,61)(H,50,58)(H,51,56)(H,52,59)(H,53,60)/t26-,27+,30-,31-,32-,35+,36-,37-,38-,39-/m0/s1. The molecule has 2 aliphatic heterocycles. The van der Waals surface area contributed by atoms with Crippen LogP contribution in [0.4, 0.5) is 0 Å². The van der Waals surface area contributed by atoms with Gasteiger partial charge in [0.25, 0.3) is 0 Å². The molecule has 0 saturated carbocycles. The van der Waals surface area contributed by atoms with E-state index in [2.05, 4.69) is 42.5 Å². The molecule has 66 heavy (non-hydrogen) atoms. The molecule has 2 aliphatic rings. The molecular formula is C46H73BrN8O11. The van der Waals surface area contributed by atoms with Crippen molar-refractivity contribution in [3.05, 3.63) is 28.2 Å². The Balaban J connectivity index is 2.26. The Morgan fingerprint density at radius 1 is 0.970 bits per heavy atom. The summed E-state index contributed by atoms with van der Waals surface area (Å²) in [6.07, 6.45) is -0.948. The van der Waals surface area contributed by atoms with Gasteiger partial charge in [0, 0.05) is 19.9 Å². The lowest BCUT2D eigenvalue weighted by atomic mass is 9.91. The highest BCUT2D eigenvalue weighted by Gasteiger charge is 2.47. The second kappa shape index (κ2) is 25.9. The summed E-state index contributed by atoms with van der Waals surface area (Å²) in [4.78, 5) is 116. The highest BCUT2D eigenvalue weighted by atomic mass is 79.9. The molecule has 1 aromatic carbocycles.